The third kappa shape index (κ3) is 5.63. The van der Waals surface area contributed by atoms with Crippen molar-refractivity contribution in [3.05, 3.63) is 53.1 Å². The van der Waals surface area contributed by atoms with Gasteiger partial charge in [-0.2, -0.15) is 8.61 Å². The summed E-state index contributed by atoms with van der Waals surface area (Å²) in [6.07, 6.45) is 1.58. The van der Waals surface area contributed by atoms with Gasteiger partial charge in [-0.25, -0.2) is 16.8 Å². The minimum Gasteiger partial charge on any atom is -0.322 e. The van der Waals surface area contributed by atoms with Crippen molar-refractivity contribution in [3.8, 4) is 0 Å². The van der Waals surface area contributed by atoms with Crippen LogP contribution in [-0.4, -0.2) is 57.5 Å². The molecule has 0 aliphatic carbocycles. The Labute approximate surface area is 207 Å². The molecule has 3 rings (SSSR count). The SMILES string of the molecule is CCN(CC)S(=O)(=O)c1ccc(NC(=O)c2cc(S(=O)(=O)N3CCC(C)CC3)ccc2Cl)cc1. The number of hydrogen-bond acceptors (Lipinski definition) is 5. The van der Waals surface area contributed by atoms with Gasteiger partial charge in [0.15, 0.2) is 0 Å². The molecule has 1 N–H and O–H groups in total. The Hall–Kier alpha value is -1.98. The van der Waals surface area contributed by atoms with Gasteiger partial charge in [0.25, 0.3) is 5.91 Å². The Bertz CT molecular complexity index is 1240. The van der Waals surface area contributed by atoms with Crippen LogP contribution >= 0.6 is 11.6 Å². The van der Waals surface area contributed by atoms with Gasteiger partial charge in [0.1, 0.15) is 0 Å². The summed E-state index contributed by atoms with van der Waals surface area (Å²) in [5.41, 5.74) is 0.380. The highest BCUT2D eigenvalue weighted by Gasteiger charge is 2.29. The van der Waals surface area contributed by atoms with E-state index < -0.39 is 26.0 Å². The molecule has 0 radical (unpaired) electrons. The summed E-state index contributed by atoms with van der Waals surface area (Å²) < 4.78 is 54.2. The van der Waals surface area contributed by atoms with Crippen molar-refractivity contribution in [2.24, 2.45) is 5.92 Å². The molecule has 0 aromatic heterocycles. The Morgan fingerprint density at radius 2 is 1.56 bits per heavy atom. The predicted octanol–water partition coefficient (Wildman–Crippen LogP) is 4.04. The highest BCUT2D eigenvalue weighted by Crippen LogP contribution is 2.27. The average Bonchev–Trinajstić information content (AvgIpc) is 2.80. The number of nitrogens with one attached hydrogen (secondary N) is 1. The first-order valence-electron chi connectivity index (χ1n) is 11.2. The molecule has 2 aromatic carbocycles. The Balaban J connectivity index is 1.80. The molecule has 1 saturated heterocycles. The van der Waals surface area contributed by atoms with Crippen LogP contribution in [-0.2, 0) is 20.0 Å². The molecule has 34 heavy (non-hydrogen) atoms. The number of carbonyl (C=O) groups excluding carboxylic acids is 1. The molecule has 186 valence electrons. The van der Waals surface area contributed by atoms with Gasteiger partial charge in [-0.3, -0.25) is 4.79 Å². The molecule has 8 nitrogen and oxygen atoms in total. The third-order valence-corrected chi connectivity index (χ3v) is 10.3. The van der Waals surface area contributed by atoms with Crippen LogP contribution in [0.4, 0.5) is 5.69 Å². The van der Waals surface area contributed by atoms with Crippen molar-refractivity contribution in [1.82, 2.24) is 8.61 Å². The lowest BCUT2D eigenvalue weighted by molar-refractivity contribution is 0.102. The zero-order chi connectivity index (χ0) is 25.1. The first-order chi connectivity index (χ1) is 16.0. The molecule has 0 spiro atoms. The lowest BCUT2D eigenvalue weighted by Crippen LogP contribution is -2.37. The maximum Gasteiger partial charge on any atom is 0.257 e. The fourth-order valence-electron chi connectivity index (χ4n) is 3.83. The average molecular weight is 528 g/mol. The van der Waals surface area contributed by atoms with Gasteiger partial charge in [0, 0.05) is 31.9 Å². The Morgan fingerprint density at radius 1 is 1.00 bits per heavy atom. The Morgan fingerprint density at radius 3 is 2.12 bits per heavy atom. The maximum atomic E-state index is 13.1. The fraction of sp³-hybridized carbons (Fsp3) is 0.435. The highest BCUT2D eigenvalue weighted by molar-refractivity contribution is 7.89. The van der Waals surface area contributed by atoms with Gasteiger partial charge in [0.2, 0.25) is 20.0 Å². The second-order valence-electron chi connectivity index (χ2n) is 8.30. The monoisotopic (exact) mass is 527 g/mol. The number of hydrogen-bond donors (Lipinski definition) is 1. The molecule has 1 fully saturated rings. The van der Waals surface area contributed by atoms with Gasteiger partial charge in [-0.1, -0.05) is 32.4 Å². The second kappa shape index (κ2) is 10.7. The number of amides is 1. The predicted molar refractivity (Wildman–Crippen MR) is 133 cm³/mol. The zero-order valence-corrected chi connectivity index (χ0v) is 21.9. The van der Waals surface area contributed by atoms with Crippen LogP contribution in [0.5, 0.6) is 0 Å². The largest absolute Gasteiger partial charge is 0.322 e. The van der Waals surface area contributed by atoms with E-state index in [-0.39, 0.29) is 20.4 Å². The van der Waals surface area contributed by atoms with Gasteiger partial charge >= 0.3 is 0 Å². The van der Waals surface area contributed by atoms with E-state index in [1.807, 2.05) is 0 Å². The topological polar surface area (TPSA) is 104 Å². The summed E-state index contributed by atoms with van der Waals surface area (Å²) in [5.74, 6) is -0.111. The summed E-state index contributed by atoms with van der Waals surface area (Å²) in [5, 5.41) is 2.77. The van der Waals surface area contributed by atoms with E-state index in [2.05, 4.69) is 12.2 Å². The van der Waals surface area contributed by atoms with Crippen LogP contribution in [0.25, 0.3) is 0 Å². The number of rotatable bonds is 8. The molecule has 1 heterocycles. The van der Waals surface area contributed by atoms with E-state index in [9.17, 15) is 21.6 Å². The smallest absolute Gasteiger partial charge is 0.257 e. The number of halogens is 1. The molecule has 0 atom stereocenters. The van der Waals surface area contributed by atoms with Crippen molar-refractivity contribution in [2.45, 2.75) is 43.4 Å². The van der Waals surface area contributed by atoms with Gasteiger partial charge in [-0.15, -0.1) is 0 Å². The molecular weight excluding hydrogens is 498 g/mol. The van der Waals surface area contributed by atoms with E-state index in [0.29, 0.717) is 37.8 Å². The molecule has 1 aliphatic rings. The molecule has 0 saturated carbocycles. The quantitative estimate of drug-likeness (QED) is 0.558. The number of benzene rings is 2. The van der Waals surface area contributed by atoms with E-state index in [0.717, 1.165) is 12.8 Å². The lowest BCUT2D eigenvalue weighted by Gasteiger charge is -2.29. The second-order valence-corrected chi connectivity index (χ2v) is 12.6. The third-order valence-electron chi connectivity index (χ3n) is 6.02. The molecule has 11 heteroatoms. The number of anilines is 1. The fourth-order valence-corrected chi connectivity index (χ4v) is 6.99. The normalized spacial score (nSPS) is 16.0. The standard InChI is InChI=1S/C23H30ClN3O5S2/c1-4-26(5-2)33(29,30)19-8-6-18(7-9-19)25-23(28)21-16-20(10-11-22(21)24)34(31,32)27-14-12-17(3)13-15-27/h6-11,16-17H,4-5,12-15H2,1-3H3,(H,25,28). The van der Waals surface area contributed by atoms with Crippen molar-refractivity contribution >= 4 is 43.2 Å². The van der Waals surface area contributed by atoms with Gasteiger partial charge < -0.3 is 5.32 Å². The van der Waals surface area contributed by atoms with Crippen LogP contribution in [0.1, 0.15) is 44.0 Å². The van der Waals surface area contributed by atoms with Crippen LogP contribution < -0.4 is 5.32 Å². The zero-order valence-electron chi connectivity index (χ0n) is 19.5. The minimum absolute atomic E-state index is 0.0114. The first kappa shape index (κ1) is 26.6. The summed E-state index contributed by atoms with van der Waals surface area (Å²) >= 11 is 6.21. The van der Waals surface area contributed by atoms with Crippen molar-refractivity contribution in [2.75, 3.05) is 31.5 Å². The number of nitrogens with zero attached hydrogens (tertiary/aromatic N) is 2. The van der Waals surface area contributed by atoms with Gasteiger partial charge in [-0.05, 0) is 61.2 Å². The molecular formula is C23H30ClN3O5S2. The molecule has 1 amide bonds. The van der Waals surface area contributed by atoms with Crippen molar-refractivity contribution in [1.29, 1.82) is 0 Å². The summed E-state index contributed by atoms with van der Waals surface area (Å²) in [4.78, 5) is 13.0. The summed E-state index contributed by atoms with van der Waals surface area (Å²) in [6, 6.07) is 9.89. The molecule has 0 bridgehead atoms. The van der Waals surface area contributed by atoms with Gasteiger partial charge in [0.05, 0.1) is 20.4 Å². The lowest BCUT2D eigenvalue weighted by atomic mass is 10.0. The first-order valence-corrected chi connectivity index (χ1v) is 14.5. The Kier molecular flexibility index (Phi) is 8.41. The maximum absolute atomic E-state index is 13.1. The molecule has 1 aliphatic heterocycles. The van der Waals surface area contributed by atoms with Crippen LogP contribution in [0, 0.1) is 5.92 Å². The van der Waals surface area contributed by atoms with Crippen LogP contribution in [0.3, 0.4) is 0 Å². The molecule has 2 aromatic rings. The van der Waals surface area contributed by atoms with E-state index in [1.165, 1.54) is 51.1 Å². The summed E-state index contributed by atoms with van der Waals surface area (Å²) in [6.45, 7) is 7.21. The number of piperidine rings is 1. The van der Waals surface area contributed by atoms with Crippen molar-refractivity contribution < 1.29 is 21.6 Å². The molecule has 0 unspecified atom stereocenters. The highest BCUT2D eigenvalue weighted by atomic mass is 35.5. The number of carbonyl (C=O) groups is 1. The van der Waals surface area contributed by atoms with Crippen LogP contribution in [0.2, 0.25) is 5.02 Å². The van der Waals surface area contributed by atoms with Crippen LogP contribution in [0.15, 0.2) is 52.3 Å². The minimum atomic E-state index is -3.74. The van der Waals surface area contributed by atoms with E-state index in [1.54, 1.807) is 13.8 Å². The van der Waals surface area contributed by atoms with E-state index in [4.69, 9.17) is 11.6 Å². The van der Waals surface area contributed by atoms with E-state index >= 15 is 0 Å². The summed E-state index contributed by atoms with van der Waals surface area (Å²) in [7, 11) is -7.36. The number of sulfonamides is 2. The van der Waals surface area contributed by atoms with Crippen molar-refractivity contribution in [3.63, 3.8) is 0 Å².